The van der Waals surface area contributed by atoms with Gasteiger partial charge in [-0.1, -0.05) is 0 Å². The standard InChI is InChI=1S/C8H6N2O3/c1-4-5(2-9)7(12)10-8(13)6(4)3-11/h3H,1H3,(H2,10,12,13). The number of H-pyrrole nitrogens is 1. The lowest BCUT2D eigenvalue weighted by Crippen LogP contribution is -2.13. The average Bonchev–Trinajstić information content (AvgIpc) is 2.04. The van der Waals surface area contributed by atoms with Crippen molar-refractivity contribution in [2.24, 2.45) is 0 Å². The molecule has 1 aromatic rings. The normalized spacial score (nSPS) is 9.23. The van der Waals surface area contributed by atoms with Crippen molar-refractivity contribution < 1.29 is 9.90 Å². The van der Waals surface area contributed by atoms with Gasteiger partial charge in [-0.25, -0.2) is 0 Å². The Morgan fingerprint density at radius 2 is 2.23 bits per heavy atom. The van der Waals surface area contributed by atoms with Crippen molar-refractivity contribution in [3.63, 3.8) is 0 Å². The first-order chi connectivity index (χ1) is 6.11. The lowest BCUT2D eigenvalue weighted by Gasteiger charge is -2.01. The fourth-order valence-electron chi connectivity index (χ4n) is 0.999. The van der Waals surface area contributed by atoms with Gasteiger partial charge in [0, 0.05) is 0 Å². The van der Waals surface area contributed by atoms with Crippen LogP contribution >= 0.6 is 0 Å². The molecule has 0 aromatic carbocycles. The highest BCUT2D eigenvalue weighted by Gasteiger charge is 2.12. The molecule has 0 saturated carbocycles. The second kappa shape index (κ2) is 3.11. The molecule has 0 atom stereocenters. The Labute approximate surface area is 73.3 Å². The van der Waals surface area contributed by atoms with Crippen molar-refractivity contribution in [3.8, 4) is 11.9 Å². The topological polar surface area (TPSA) is 93.9 Å². The van der Waals surface area contributed by atoms with Crippen molar-refractivity contribution in [2.75, 3.05) is 0 Å². The average molecular weight is 178 g/mol. The van der Waals surface area contributed by atoms with Gasteiger partial charge >= 0.3 is 0 Å². The van der Waals surface area contributed by atoms with Crippen molar-refractivity contribution in [1.82, 2.24) is 4.98 Å². The second-order valence-corrected chi connectivity index (χ2v) is 2.45. The number of aromatic nitrogens is 1. The van der Waals surface area contributed by atoms with Gasteiger partial charge in [-0.15, -0.1) is 0 Å². The summed E-state index contributed by atoms with van der Waals surface area (Å²) in [4.78, 5) is 23.4. The van der Waals surface area contributed by atoms with Crippen LogP contribution in [0.4, 0.5) is 0 Å². The van der Waals surface area contributed by atoms with Crippen LogP contribution in [-0.2, 0) is 0 Å². The number of hydrogen-bond acceptors (Lipinski definition) is 4. The zero-order chi connectivity index (χ0) is 10.0. The minimum atomic E-state index is -0.692. The number of hydrogen-bond donors (Lipinski definition) is 2. The summed E-state index contributed by atoms with van der Waals surface area (Å²) in [5, 5.41) is 17.6. The number of aldehydes is 1. The Hall–Kier alpha value is -2.09. The number of aromatic amines is 1. The molecule has 0 spiro atoms. The van der Waals surface area contributed by atoms with Crippen LogP contribution < -0.4 is 5.56 Å². The molecule has 0 fully saturated rings. The fourth-order valence-corrected chi connectivity index (χ4v) is 0.999. The third-order valence-electron chi connectivity index (χ3n) is 1.72. The maximum atomic E-state index is 11.0. The molecule has 0 unspecified atom stereocenters. The number of carbonyl (C=O) groups excluding carboxylic acids is 1. The van der Waals surface area contributed by atoms with Crippen molar-refractivity contribution >= 4 is 6.29 Å². The van der Waals surface area contributed by atoms with Gasteiger partial charge in [0.05, 0.1) is 5.56 Å². The van der Waals surface area contributed by atoms with E-state index < -0.39 is 11.4 Å². The molecule has 13 heavy (non-hydrogen) atoms. The van der Waals surface area contributed by atoms with Crippen LogP contribution in [0.15, 0.2) is 4.79 Å². The highest BCUT2D eigenvalue weighted by Crippen LogP contribution is 2.15. The van der Waals surface area contributed by atoms with E-state index >= 15 is 0 Å². The molecular formula is C8H6N2O3. The molecule has 0 aliphatic heterocycles. The van der Waals surface area contributed by atoms with Gasteiger partial charge in [0.2, 0.25) is 5.88 Å². The zero-order valence-corrected chi connectivity index (χ0v) is 6.79. The van der Waals surface area contributed by atoms with E-state index in [1.807, 2.05) is 4.98 Å². The lowest BCUT2D eigenvalue weighted by atomic mass is 10.1. The molecule has 0 amide bonds. The number of rotatable bonds is 1. The Bertz CT molecular complexity index is 454. The molecule has 5 heteroatoms. The van der Waals surface area contributed by atoms with E-state index in [2.05, 4.69) is 0 Å². The van der Waals surface area contributed by atoms with E-state index in [9.17, 15) is 9.59 Å². The molecule has 0 saturated heterocycles. The van der Waals surface area contributed by atoms with Gasteiger partial charge in [0.1, 0.15) is 11.6 Å². The highest BCUT2D eigenvalue weighted by molar-refractivity contribution is 5.81. The van der Waals surface area contributed by atoms with E-state index in [4.69, 9.17) is 10.4 Å². The fraction of sp³-hybridized carbons (Fsp3) is 0.125. The first-order valence-electron chi connectivity index (χ1n) is 3.43. The third-order valence-corrected chi connectivity index (χ3v) is 1.72. The minimum Gasteiger partial charge on any atom is -0.494 e. The van der Waals surface area contributed by atoms with Crippen LogP contribution in [0.5, 0.6) is 5.88 Å². The van der Waals surface area contributed by atoms with E-state index in [-0.39, 0.29) is 16.7 Å². The maximum absolute atomic E-state index is 11.0. The summed E-state index contributed by atoms with van der Waals surface area (Å²) in [6.45, 7) is 1.43. The number of pyridine rings is 1. The first-order valence-corrected chi connectivity index (χ1v) is 3.43. The molecule has 2 N–H and O–H groups in total. The monoisotopic (exact) mass is 178 g/mol. The van der Waals surface area contributed by atoms with Crippen molar-refractivity contribution in [2.45, 2.75) is 6.92 Å². The molecule has 66 valence electrons. The van der Waals surface area contributed by atoms with Crippen LogP contribution in [-0.4, -0.2) is 16.4 Å². The summed E-state index contributed by atoms with van der Waals surface area (Å²) in [6.07, 6.45) is 0.390. The van der Waals surface area contributed by atoms with E-state index in [0.717, 1.165) is 0 Å². The second-order valence-electron chi connectivity index (χ2n) is 2.45. The summed E-state index contributed by atoms with van der Waals surface area (Å²) in [5.74, 6) is -0.503. The third kappa shape index (κ3) is 1.29. The SMILES string of the molecule is Cc1c(C=O)c(O)[nH]c(=O)c1C#N. The van der Waals surface area contributed by atoms with E-state index in [1.54, 1.807) is 6.07 Å². The predicted octanol–water partition coefficient (Wildman–Crippen LogP) is 0.0731. The Kier molecular flexibility index (Phi) is 2.15. The molecule has 0 aliphatic rings. The van der Waals surface area contributed by atoms with Crippen LogP contribution in [0.25, 0.3) is 0 Å². The molecule has 0 bridgehead atoms. The molecular weight excluding hydrogens is 172 g/mol. The zero-order valence-electron chi connectivity index (χ0n) is 6.79. The molecule has 0 radical (unpaired) electrons. The van der Waals surface area contributed by atoms with Gasteiger partial charge < -0.3 is 5.11 Å². The van der Waals surface area contributed by atoms with Crippen LogP contribution in [0.2, 0.25) is 0 Å². The Morgan fingerprint density at radius 1 is 1.62 bits per heavy atom. The first kappa shape index (κ1) is 9.00. The summed E-state index contributed by atoms with van der Waals surface area (Å²) in [6, 6.07) is 1.65. The van der Waals surface area contributed by atoms with Crippen molar-refractivity contribution in [1.29, 1.82) is 5.26 Å². The van der Waals surface area contributed by atoms with Gasteiger partial charge in [-0.05, 0) is 12.5 Å². The number of nitrogens with zero attached hydrogens (tertiary/aromatic N) is 1. The summed E-state index contributed by atoms with van der Waals surface area (Å²) in [7, 11) is 0. The smallest absolute Gasteiger partial charge is 0.268 e. The molecule has 1 heterocycles. The largest absolute Gasteiger partial charge is 0.494 e. The Morgan fingerprint density at radius 3 is 2.69 bits per heavy atom. The van der Waals surface area contributed by atoms with Crippen LogP contribution in [0.3, 0.4) is 0 Å². The predicted molar refractivity (Wildman–Crippen MR) is 43.6 cm³/mol. The van der Waals surface area contributed by atoms with Crippen LogP contribution in [0.1, 0.15) is 21.5 Å². The Balaban J connectivity index is 3.70. The lowest BCUT2D eigenvalue weighted by molar-refractivity contribution is 0.111. The molecule has 1 rings (SSSR count). The minimum absolute atomic E-state index is 0.0591. The summed E-state index contributed by atoms with van der Waals surface area (Å²) in [5.41, 5.74) is -0.710. The molecule has 1 aromatic heterocycles. The van der Waals surface area contributed by atoms with Gasteiger partial charge in [-0.2, -0.15) is 5.26 Å². The van der Waals surface area contributed by atoms with Crippen LogP contribution in [0, 0.1) is 18.3 Å². The summed E-state index contributed by atoms with van der Waals surface area (Å²) >= 11 is 0. The number of nitriles is 1. The van der Waals surface area contributed by atoms with E-state index in [1.165, 1.54) is 6.92 Å². The number of aromatic hydroxyl groups is 1. The number of nitrogens with one attached hydrogen (secondary N) is 1. The quantitative estimate of drug-likeness (QED) is 0.595. The van der Waals surface area contributed by atoms with Gasteiger partial charge in [0.15, 0.2) is 6.29 Å². The van der Waals surface area contributed by atoms with Gasteiger partial charge in [0.25, 0.3) is 5.56 Å². The maximum Gasteiger partial charge on any atom is 0.268 e. The summed E-state index contributed by atoms with van der Waals surface area (Å²) < 4.78 is 0. The number of carbonyl (C=O) groups is 1. The van der Waals surface area contributed by atoms with Crippen molar-refractivity contribution in [3.05, 3.63) is 27.0 Å². The van der Waals surface area contributed by atoms with E-state index in [0.29, 0.717) is 6.29 Å². The highest BCUT2D eigenvalue weighted by atomic mass is 16.3. The molecule has 0 aliphatic carbocycles. The van der Waals surface area contributed by atoms with Gasteiger partial charge in [-0.3, -0.25) is 14.6 Å². The molecule has 5 nitrogen and oxygen atoms in total.